The number of nitrogens with zero attached hydrogens (tertiary/aromatic N) is 1. The summed E-state index contributed by atoms with van der Waals surface area (Å²) in [5, 5.41) is 3.31. The third kappa shape index (κ3) is 5.24. The van der Waals surface area contributed by atoms with Crippen LogP contribution in [0.2, 0.25) is 10.0 Å². The standard InChI is InChI=1S/C24H22Cl2N2O5S/c1-16(17-7-10-22-23(13-17)33-12-11-32-22)27-24(29)15-28(18-8-9-20(25)21(26)14-18)34(30,31)19-5-3-2-4-6-19/h2-10,13-14,16H,11-12,15H2,1H3,(H,27,29)/t16-/m1/s1. The van der Waals surface area contributed by atoms with Crippen LogP contribution in [0.15, 0.2) is 71.6 Å². The van der Waals surface area contributed by atoms with E-state index in [0.717, 1.165) is 9.87 Å². The van der Waals surface area contributed by atoms with Gasteiger partial charge in [-0.3, -0.25) is 9.10 Å². The Morgan fingerprint density at radius 2 is 1.68 bits per heavy atom. The molecule has 10 heteroatoms. The predicted molar refractivity (Wildman–Crippen MR) is 131 cm³/mol. The largest absolute Gasteiger partial charge is 0.486 e. The topological polar surface area (TPSA) is 84.9 Å². The molecular weight excluding hydrogens is 499 g/mol. The lowest BCUT2D eigenvalue weighted by molar-refractivity contribution is -0.120. The lowest BCUT2D eigenvalue weighted by Gasteiger charge is -2.26. The van der Waals surface area contributed by atoms with E-state index in [-0.39, 0.29) is 20.6 Å². The highest BCUT2D eigenvalue weighted by molar-refractivity contribution is 7.92. The fourth-order valence-electron chi connectivity index (χ4n) is 3.51. The lowest BCUT2D eigenvalue weighted by atomic mass is 10.1. The van der Waals surface area contributed by atoms with Gasteiger partial charge in [-0.1, -0.05) is 47.5 Å². The number of fused-ring (bicyclic) bond motifs is 1. The Balaban J connectivity index is 1.58. The third-order valence-electron chi connectivity index (χ3n) is 5.25. The first-order valence-corrected chi connectivity index (χ1v) is 12.7. The van der Waals surface area contributed by atoms with E-state index in [9.17, 15) is 13.2 Å². The van der Waals surface area contributed by atoms with Gasteiger partial charge in [-0.15, -0.1) is 0 Å². The van der Waals surface area contributed by atoms with E-state index < -0.39 is 28.5 Å². The first-order valence-electron chi connectivity index (χ1n) is 10.5. The monoisotopic (exact) mass is 520 g/mol. The SMILES string of the molecule is C[C@@H](NC(=O)CN(c1ccc(Cl)c(Cl)c1)S(=O)(=O)c1ccccc1)c1ccc2c(c1)OCCO2. The first kappa shape index (κ1) is 24.2. The molecule has 7 nitrogen and oxygen atoms in total. The predicted octanol–water partition coefficient (Wildman–Crippen LogP) is 4.84. The molecule has 1 heterocycles. The van der Waals surface area contributed by atoms with Gasteiger partial charge in [0, 0.05) is 0 Å². The van der Waals surface area contributed by atoms with Gasteiger partial charge in [0.05, 0.1) is 26.7 Å². The van der Waals surface area contributed by atoms with Crippen molar-refractivity contribution in [1.29, 1.82) is 0 Å². The van der Waals surface area contributed by atoms with Crippen LogP contribution in [-0.2, 0) is 14.8 Å². The van der Waals surface area contributed by atoms with Crippen molar-refractivity contribution in [3.05, 3.63) is 82.3 Å². The number of anilines is 1. The molecule has 1 amide bonds. The lowest BCUT2D eigenvalue weighted by Crippen LogP contribution is -2.41. The number of ether oxygens (including phenoxy) is 2. The van der Waals surface area contributed by atoms with Gasteiger partial charge in [-0.05, 0) is 55.0 Å². The molecule has 3 aromatic rings. The first-order chi connectivity index (χ1) is 16.3. The van der Waals surface area contributed by atoms with Crippen LogP contribution in [0.3, 0.4) is 0 Å². The molecule has 0 saturated carbocycles. The molecule has 0 saturated heterocycles. The number of halogens is 2. The maximum Gasteiger partial charge on any atom is 0.264 e. The van der Waals surface area contributed by atoms with E-state index in [1.165, 1.54) is 30.3 Å². The van der Waals surface area contributed by atoms with Crippen molar-refractivity contribution >= 4 is 44.8 Å². The highest BCUT2D eigenvalue weighted by Gasteiger charge is 2.28. The number of rotatable bonds is 7. The van der Waals surface area contributed by atoms with E-state index in [2.05, 4.69) is 5.32 Å². The summed E-state index contributed by atoms with van der Waals surface area (Å²) in [6.07, 6.45) is 0. The number of benzene rings is 3. The Morgan fingerprint density at radius 3 is 2.38 bits per heavy atom. The van der Waals surface area contributed by atoms with E-state index in [4.69, 9.17) is 32.7 Å². The van der Waals surface area contributed by atoms with Crippen molar-refractivity contribution in [2.75, 3.05) is 24.1 Å². The molecule has 1 aliphatic rings. The molecule has 178 valence electrons. The zero-order valence-corrected chi connectivity index (χ0v) is 20.5. The summed E-state index contributed by atoms with van der Waals surface area (Å²) in [6.45, 7) is 2.29. The molecule has 1 atom stereocenters. The van der Waals surface area contributed by atoms with Gasteiger partial charge in [-0.2, -0.15) is 0 Å². The number of carbonyl (C=O) groups excluding carboxylic acids is 1. The van der Waals surface area contributed by atoms with Crippen LogP contribution >= 0.6 is 23.2 Å². The fraction of sp³-hybridized carbons (Fsp3) is 0.208. The molecule has 0 radical (unpaired) electrons. The number of nitrogens with one attached hydrogen (secondary N) is 1. The minimum absolute atomic E-state index is 0.0498. The Kier molecular flexibility index (Phi) is 7.21. The fourth-order valence-corrected chi connectivity index (χ4v) is 5.23. The van der Waals surface area contributed by atoms with Crippen molar-refractivity contribution in [1.82, 2.24) is 5.32 Å². The average molecular weight is 521 g/mol. The number of hydrogen-bond acceptors (Lipinski definition) is 5. The molecule has 0 unspecified atom stereocenters. The molecule has 3 aromatic carbocycles. The number of amides is 1. The number of hydrogen-bond donors (Lipinski definition) is 1. The van der Waals surface area contributed by atoms with Crippen molar-refractivity contribution in [2.45, 2.75) is 17.9 Å². The molecule has 0 aliphatic carbocycles. The van der Waals surface area contributed by atoms with Crippen molar-refractivity contribution in [2.24, 2.45) is 0 Å². The highest BCUT2D eigenvalue weighted by Crippen LogP contribution is 2.33. The van der Waals surface area contributed by atoms with Crippen molar-refractivity contribution in [3.63, 3.8) is 0 Å². The zero-order valence-electron chi connectivity index (χ0n) is 18.2. The normalized spacial score (nSPS) is 13.7. The van der Waals surface area contributed by atoms with Gasteiger partial charge in [0.1, 0.15) is 19.8 Å². The summed E-state index contributed by atoms with van der Waals surface area (Å²) in [5.74, 6) is 0.759. The van der Waals surface area contributed by atoms with E-state index in [1.807, 2.05) is 6.07 Å². The molecule has 0 spiro atoms. The molecule has 4 rings (SSSR count). The summed E-state index contributed by atoms with van der Waals surface area (Å²) < 4.78 is 39.0. The quantitative estimate of drug-likeness (QED) is 0.481. The third-order valence-corrected chi connectivity index (χ3v) is 7.78. The van der Waals surface area contributed by atoms with Crippen LogP contribution < -0.4 is 19.1 Å². The van der Waals surface area contributed by atoms with Crippen molar-refractivity contribution in [3.8, 4) is 11.5 Å². The van der Waals surface area contributed by atoms with Gasteiger partial charge in [0.2, 0.25) is 5.91 Å². The van der Waals surface area contributed by atoms with Crippen LogP contribution in [0.1, 0.15) is 18.5 Å². The van der Waals surface area contributed by atoms with E-state index in [1.54, 1.807) is 37.3 Å². The Morgan fingerprint density at radius 1 is 0.971 bits per heavy atom. The molecular formula is C24H22Cl2N2O5S. The summed E-state index contributed by atoms with van der Waals surface area (Å²) in [5.41, 5.74) is 1.02. The van der Waals surface area contributed by atoms with Gasteiger partial charge in [0.15, 0.2) is 11.5 Å². The molecule has 0 aromatic heterocycles. The Bertz CT molecular complexity index is 1300. The highest BCUT2D eigenvalue weighted by atomic mass is 35.5. The van der Waals surface area contributed by atoms with Gasteiger partial charge in [0.25, 0.3) is 10.0 Å². The summed E-state index contributed by atoms with van der Waals surface area (Å²) in [4.78, 5) is 13.0. The second kappa shape index (κ2) is 10.1. The minimum Gasteiger partial charge on any atom is -0.486 e. The Labute approximate surface area is 208 Å². The summed E-state index contributed by atoms with van der Waals surface area (Å²) in [7, 11) is -4.06. The minimum atomic E-state index is -4.06. The van der Waals surface area contributed by atoms with Crippen LogP contribution in [0.5, 0.6) is 11.5 Å². The molecule has 0 fully saturated rings. The zero-order chi connectivity index (χ0) is 24.3. The number of sulfonamides is 1. The van der Waals surface area contributed by atoms with Crippen LogP contribution in [-0.4, -0.2) is 34.1 Å². The maximum atomic E-state index is 13.4. The molecule has 34 heavy (non-hydrogen) atoms. The van der Waals surface area contributed by atoms with Crippen LogP contribution in [0.4, 0.5) is 5.69 Å². The van der Waals surface area contributed by atoms with Gasteiger partial charge >= 0.3 is 0 Å². The maximum absolute atomic E-state index is 13.4. The number of carbonyl (C=O) groups is 1. The smallest absolute Gasteiger partial charge is 0.264 e. The van der Waals surface area contributed by atoms with Crippen LogP contribution in [0, 0.1) is 0 Å². The van der Waals surface area contributed by atoms with E-state index in [0.29, 0.717) is 24.7 Å². The average Bonchev–Trinajstić information content (AvgIpc) is 2.84. The molecule has 0 bridgehead atoms. The van der Waals surface area contributed by atoms with Gasteiger partial charge < -0.3 is 14.8 Å². The van der Waals surface area contributed by atoms with E-state index >= 15 is 0 Å². The Hall–Kier alpha value is -2.94. The van der Waals surface area contributed by atoms with Gasteiger partial charge in [-0.25, -0.2) is 8.42 Å². The molecule has 1 aliphatic heterocycles. The second-order valence-electron chi connectivity index (χ2n) is 7.62. The second-order valence-corrected chi connectivity index (χ2v) is 10.3. The van der Waals surface area contributed by atoms with Crippen LogP contribution in [0.25, 0.3) is 0 Å². The van der Waals surface area contributed by atoms with Crippen molar-refractivity contribution < 1.29 is 22.7 Å². The summed E-state index contributed by atoms with van der Waals surface area (Å²) in [6, 6.07) is 17.3. The summed E-state index contributed by atoms with van der Waals surface area (Å²) >= 11 is 12.1. The molecule has 1 N–H and O–H groups in total.